The molecule has 1 aliphatic rings. The van der Waals surface area contributed by atoms with Crippen LogP contribution in [0.25, 0.3) is 0 Å². The van der Waals surface area contributed by atoms with E-state index in [4.69, 9.17) is 0 Å². The normalized spacial score (nSPS) is 24.0. The average molecular weight is 288 g/mol. The maximum Gasteiger partial charge on any atom is 0.391 e. The summed E-state index contributed by atoms with van der Waals surface area (Å²) in [6, 6.07) is 4.32. The fourth-order valence-electron chi connectivity index (χ4n) is 2.94. The molecule has 1 N–H and O–H groups in total. The van der Waals surface area contributed by atoms with Crippen molar-refractivity contribution in [3.05, 3.63) is 24.0 Å². The molecule has 5 heteroatoms. The molecule has 1 aromatic rings. The molecule has 2 nitrogen and oxygen atoms in total. The van der Waals surface area contributed by atoms with Crippen molar-refractivity contribution < 1.29 is 13.2 Å². The molecule has 0 saturated heterocycles. The third-order valence-corrected chi connectivity index (χ3v) is 4.15. The zero-order valence-electron chi connectivity index (χ0n) is 11.9. The van der Waals surface area contributed by atoms with Crippen LogP contribution < -0.4 is 5.32 Å². The second-order valence-corrected chi connectivity index (χ2v) is 5.66. The predicted octanol–water partition coefficient (Wildman–Crippen LogP) is 4.11. The number of hydrogen-bond acceptors (Lipinski definition) is 1. The molecule has 1 heterocycles. The maximum atomic E-state index is 12.6. The van der Waals surface area contributed by atoms with Crippen molar-refractivity contribution >= 4 is 0 Å². The molecular formula is C15H23F3N2. The van der Waals surface area contributed by atoms with Gasteiger partial charge in [0.25, 0.3) is 0 Å². The molecule has 1 fully saturated rings. The fraction of sp³-hybridized carbons (Fsp3) is 0.733. The Balaban J connectivity index is 1.77. The molecule has 0 unspecified atom stereocenters. The Hall–Kier alpha value is -0.970. The Bertz CT molecular complexity index is 403. The molecule has 0 radical (unpaired) electrons. The molecule has 0 spiro atoms. The molecule has 1 saturated carbocycles. The Labute approximate surface area is 118 Å². The third kappa shape index (κ3) is 4.01. The number of rotatable bonds is 5. The zero-order chi connectivity index (χ0) is 14.6. The Morgan fingerprint density at radius 2 is 1.95 bits per heavy atom. The lowest BCUT2D eigenvalue weighted by atomic mass is 9.85. The largest absolute Gasteiger partial charge is 0.391 e. The maximum absolute atomic E-state index is 12.6. The van der Waals surface area contributed by atoms with E-state index in [2.05, 4.69) is 29.1 Å². The molecule has 2 rings (SSSR count). The van der Waals surface area contributed by atoms with Gasteiger partial charge in [-0.15, -0.1) is 0 Å². The van der Waals surface area contributed by atoms with Gasteiger partial charge in [0.05, 0.1) is 5.92 Å². The highest BCUT2D eigenvalue weighted by molar-refractivity contribution is 5.07. The van der Waals surface area contributed by atoms with Crippen LogP contribution in [0, 0.1) is 5.92 Å². The van der Waals surface area contributed by atoms with Gasteiger partial charge < -0.3 is 9.88 Å². The van der Waals surface area contributed by atoms with Crippen LogP contribution in [0.1, 0.15) is 44.7 Å². The van der Waals surface area contributed by atoms with Crippen molar-refractivity contribution in [2.24, 2.45) is 5.92 Å². The molecule has 0 aliphatic heterocycles. The Morgan fingerprint density at radius 1 is 1.25 bits per heavy atom. The molecule has 0 bridgehead atoms. The summed E-state index contributed by atoms with van der Waals surface area (Å²) < 4.78 is 40.0. The minimum atomic E-state index is -4.01. The molecular weight excluding hydrogens is 265 g/mol. The van der Waals surface area contributed by atoms with E-state index in [-0.39, 0.29) is 18.9 Å². The number of nitrogens with one attached hydrogen (secondary N) is 1. The summed E-state index contributed by atoms with van der Waals surface area (Å²) >= 11 is 0. The van der Waals surface area contributed by atoms with Gasteiger partial charge in [0.1, 0.15) is 0 Å². The minimum Gasteiger partial charge on any atom is -0.350 e. The summed E-state index contributed by atoms with van der Waals surface area (Å²) in [5.74, 6) is -1.09. The Morgan fingerprint density at radius 3 is 2.55 bits per heavy atom. The van der Waals surface area contributed by atoms with Gasteiger partial charge in [-0.1, -0.05) is 6.92 Å². The molecule has 1 aromatic heterocycles. The molecule has 1 aliphatic carbocycles. The van der Waals surface area contributed by atoms with Crippen molar-refractivity contribution in [3.8, 4) is 0 Å². The number of aromatic nitrogens is 1. The number of aryl methyl sites for hydroxylation is 1. The molecule has 20 heavy (non-hydrogen) atoms. The SMILES string of the molecule is CCCn1cccc1CNC1CCC(C(F)(F)F)CC1. The van der Waals surface area contributed by atoms with E-state index in [0.29, 0.717) is 12.8 Å². The van der Waals surface area contributed by atoms with E-state index in [1.165, 1.54) is 5.69 Å². The van der Waals surface area contributed by atoms with Gasteiger partial charge in [0.15, 0.2) is 0 Å². The summed E-state index contributed by atoms with van der Waals surface area (Å²) in [6.45, 7) is 3.87. The standard InChI is InChI=1S/C15H23F3N2/c1-2-9-20-10-3-4-14(20)11-19-13-7-5-12(6-8-13)15(16,17)18/h3-4,10,12-13,19H,2,5-9,11H2,1H3. The van der Waals surface area contributed by atoms with Gasteiger partial charge in [0, 0.05) is 31.0 Å². The number of alkyl halides is 3. The quantitative estimate of drug-likeness (QED) is 0.863. The first-order valence-corrected chi connectivity index (χ1v) is 7.44. The minimum absolute atomic E-state index is 0.221. The second kappa shape index (κ2) is 6.66. The lowest BCUT2D eigenvalue weighted by Crippen LogP contribution is -2.37. The Kier molecular flexibility index (Phi) is 5.13. The molecule has 114 valence electrons. The van der Waals surface area contributed by atoms with E-state index in [1.807, 2.05) is 6.07 Å². The summed E-state index contributed by atoms with van der Waals surface area (Å²) in [5.41, 5.74) is 1.21. The van der Waals surface area contributed by atoms with Crippen molar-refractivity contribution in [1.29, 1.82) is 0 Å². The lowest BCUT2D eigenvalue weighted by molar-refractivity contribution is -0.182. The van der Waals surface area contributed by atoms with Gasteiger partial charge >= 0.3 is 6.18 Å². The van der Waals surface area contributed by atoms with Crippen LogP contribution in [0.5, 0.6) is 0 Å². The highest BCUT2D eigenvalue weighted by Crippen LogP contribution is 2.37. The third-order valence-electron chi connectivity index (χ3n) is 4.15. The summed E-state index contributed by atoms with van der Waals surface area (Å²) in [7, 11) is 0. The average Bonchev–Trinajstić information content (AvgIpc) is 2.84. The van der Waals surface area contributed by atoms with Crippen molar-refractivity contribution in [2.75, 3.05) is 0 Å². The van der Waals surface area contributed by atoms with Crippen LogP contribution in [0.15, 0.2) is 18.3 Å². The van der Waals surface area contributed by atoms with Crippen molar-refractivity contribution in [3.63, 3.8) is 0 Å². The van der Waals surface area contributed by atoms with Gasteiger partial charge in [0.2, 0.25) is 0 Å². The van der Waals surface area contributed by atoms with Crippen LogP contribution in [-0.4, -0.2) is 16.8 Å². The highest BCUT2D eigenvalue weighted by Gasteiger charge is 2.41. The van der Waals surface area contributed by atoms with Gasteiger partial charge in [-0.25, -0.2) is 0 Å². The van der Waals surface area contributed by atoms with E-state index < -0.39 is 12.1 Å². The van der Waals surface area contributed by atoms with Crippen LogP contribution in [0.4, 0.5) is 13.2 Å². The lowest BCUT2D eigenvalue weighted by Gasteiger charge is -2.30. The number of nitrogens with zero attached hydrogens (tertiary/aromatic N) is 1. The van der Waals surface area contributed by atoms with Crippen molar-refractivity contribution in [1.82, 2.24) is 9.88 Å². The van der Waals surface area contributed by atoms with Crippen LogP contribution in [0.3, 0.4) is 0 Å². The monoisotopic (exact) mass is 288 g/mol. The van der Waals surface area contributed by atoms with Crippen LogP contribution in [-0.2, 0) is 13.1 Å². The van der Waals surface area contributed by atoms with E-state index in [1.54, 1.807) is 0 Å². The summed E-state index contributed by atoms with van der Waals surface area (Å²) in [4.78, 5) is 0. The second-order valence-electron chi connectivity index (χ2n) is 5.66. The van der Waals surface area contributed by atoms with Crippen LogP contribution >= 0.6 is 0 Å². The van der Waals surface area contributed by atoms with E-state index >= 15 is 0 Å². The van der Waals surface area contributed by atoms with Gasteiger partial charge in [-0.05, 0) is 44.2 Å². The summed E-state index contributed by atoms with van der Waals surface area (Å²) in [6.07, 6.45) is 0.895. The van der Waals surface area contributed by atoms with Gasteiger partial charge in [-0.3, -0.25) is 0 Å². The number of halogens is 3. The van der Waals surface area contributed by atoms with Crippen molar-refractivity contribution in [2.45, 2.75) is 64.3 Å². The number of hydrogen-bond donors (Lipinski definition) is 1. The fourth-order valence-corrected chi connectivity index (χ4v) is 2.94. The summed E-state index contributed by atoms with van der Waals surface area (Å²) in [5, 5.41) is 3.41. The van der Waals surface area contributed by atoms with E-state index in [9.17, 15) is 13.2 Å². The smallest absolute Gasteiger partial charge is 0.350 e. The molecule has 0 amide bonds. The van der Waals surface area contributed by atoms with Crippen LogP contribution in [0.2, 0.25) is 0 Å². The van der Waals surface area contributed by atoms with E-state index in [0.717, 1.165) is 19.5 Å². The molecule has 0 atom stereocenters. The first-order valence-electron chi connectivity index (χ1n) is 7.44. The van der Waals surface area contributed by atoms with Gasteiger partial charge in [-0.2, -0.15) is 13.2 Å². The predicted molar refractivity (Wildman–Crippen MR) is 73.4 cm³/mol. The first kappa shape index (κ1) is 15.4. The molecule has 0 aromatic carbocycles. The zero-order valence-corrected chi connectivity index (χ0v) is 11.9. The topological polar surface area (TPSA) is 17.0 Å². The highest BCUT2D eigenvalue weighted by atomic mass is 19.4. The first-order chi connectivity index (χ1) is 9.50.